The van der Waals surface area contributed by atoms with Crippen LogP contribution < -0.4 is 11.1 Å². The zero-order valence-corrected chi connectivity index (χ0v) is 11.5. The van der Waals surface area contributed by atoms with E-state index in [4.69, 9.17) is 5.73 Å². The smallest absolute Gasteiger partial charge is 0.220 e. The Morgan fingerprint density at radius 3 is 2.47 bits per heavy atom. The van der Waals surface area contributed by atoms with Crippen molar-refractivity contribution < 1.29 is 4.79 Å². The first kappa shape index (κ1) is 14.8. The number of amides is 1. The third-order valence-electron chi connectivity index (χ3n) is 4.37. The number of nitrogens with one attached hydrogen (secondary N) is 1. The van der Waals surface area contributed by atoms with Crippen LogP contribution in [0.25, 0.3) is 0 Å². The molecule has 0 spiro atoms. The van der Waals surface area contributed by atoms with Crippen LogP contribution in [-0.2, 0) is 4.79 Å². The molecule has 2 aliphatic carbocycles. The molecule has 0 aromatic rings. The van der Waals surface area contributed by atoms with Crippen LogP contribution in [0.5, 0.6) is 0 Å². The summed E-state index contributed by atoms with van der Waals surface area (Å²) in [6.45, 7) is 2.24. The normalized spacial score (nSPS) is 36.6. The van der Waals surface area contributed by atoms with Crippen molar-refractivity contribution in [3.05, 3.63) is 0 Å². The third-order valence-corrected chi connectivity index (χ3v) is 4.37. The summed E-state index contributed by atoms with van der Waals surface area (Å²) in [7, 11) is 0. The number of nitrogens with two attached hydrogens (primary N) is 1. The molecule has 0 aromatic heterocycles. The van der Waals surface area contributed by atoms with Crippen molar-refractivity contribution in [3.8, 4) is 0 Å². The van der Waals surface area contributed by atoms with Crippen LogP contribution >= 0.6 is 12.4 Å². The summed E-state index contributed by atoms with van der Waals surface area (Å²) < 4.78 is 0. The lowest BCUT2D eigenvalue weighted by Crippen LogP contribution is -2.38. The van der Waals surface area contributed by atoms with Gasteiger partial charge in [-0.05, 0) is 37.5 Å². The average molecular weight is 261 g/mol. The fourth-order valence-electron chi connectivity index (χ4n) is 3.18. The van der Waals surface area contributed by atoms with E-state index in [1.54, 1.807) is 0 Å². The predicted octanol–water partition coefficient (Wildman–Crippen LogP) is 2.23. The molecule has 0 bridgehead atoms. The lowest BCUT2D eigenvalue weighted by atomic mass is 9.99. The standard InChI is InChI=1S/C13H24N2O.ClH/c1-9-4-2-7-12(9)15-13(16)8-10-5-3-6-11(10)14;/h9-12H,2-8,14H2,1H3,(H,15,16);1H/t9?,10-,11+,12?;/m0./s1. The molecule has 0 aromatic carbocycles. The Kier molecular flexibility index (Phi) is 5.74. The molecular formula is C13H25ClN2O. The van der Waals surface area contributed by atoms with Gasteiger partial charge in [-0.3, -0.25) is 4.79 Å². The van der Waals surface area contributed by atoms with E-state index >= 15 is 0 Å². The number of carbonyl (C=O) groups excluding carboxylic acids is 1. The number of hydrogen-bond acceptors (Lipinski definition) is 2. The Morgan fingerprint density at radius 1 is 1.24 bits per heavy atom. The quantitative estimate of drug-likeness (QED) is 0.818. The highest BCUT2D eigenvalue weighted by Gasteiger charge is 2.29. The molecule has 2 unspecified atom stereocenters. The molecular weight excluding hydrogens is 236 g/mol. The molecule has 1 amide bonds. The molecule has 2 rings (SSSR count). The van der Waals surface area contributed by atoms with E-state index < -0.39 is 0 Å². The van der Waals surface area contributed by atoms with Crippen LogP contribution in [0, 0.1) is 11.8 Å². The van der Waals surface area contributed by atoms with Crippen molar-refractivity contribution >= 4 is 18.3 Å². The number of carbonyl (C=O) groups is 1. The molecule has 0 saturated heterocycles. The van der Waals surface area contributed by atoms with Gasteiger partial charge in [0, 0.05) is 18.5 Å². The predicted molar refractivity (Wildman–Crippen MR) is 72.1 cm³/mol. The van der Waals surface area contributed by atoms with Crippen molar-refractivity contribution in [2.45, 2.75) is 64.0 Å². The van der Waals surface area contributed by atoms with Gasteiger partial charge in [-0.15, -0.1) is 12.4 Å². The van der Waals surface area contributed by atoms with Gasteiger partial charge in [0.1, 0.15) is 0 Å². The zero-order chi connectivity index (χ0) is 11.5. The van der Waals surface area contributed by atoms with Crippen LogP contribution in [0.3, 0.4) is 0 Å². The summed E-state index contributed by atoms with van der Waals surface area (Å²) in [6.07, 6.45) is 7.74. The highest BCUT2D eigenvalue weighted by molar-refractivity contribution is 5.85. The SMILES string of the molecule is CC1CCCC1NC(=O)C[C@@H]1CCC[C@H]1N.Cl. The minimum Gasteiger partial charge on any atom is -0.353 e. The van der Waals surface area contributed by atoms with Crippen LogP contribution in [0.1, 0.15) is 51.9 Å². The number of hydrogen-bond donors (Lipinski definition) is 2. The first-order chi connectivity index (χ1) is 7.66. The second kappa shape index (κ2) is 6.60. The molecule has 0 radical (unpaired) electrons. The number of rotatable bonds is 3. The third kappa shape index (κ3) is 3.85. The highest BCUT2D eigenvalue weighted by atomic mass is 35.5. The Morgan fingerprint density at radius 2 is 1.94 bits per heavy atom. The summed E-state index contributed by atoms with van der Waals surface area (Å²) >= 11 is 0. The average Bonchev–Trinajstić information content (AvgIpc) is 2.79. The molecule has 2 aliphatic rings. The Balaban J connectivity index is 0.00000144. The van der Waals surface area contributed by atoms with Crippen molar-refractivity contribution in [1.82, 2.24) is 5.32 Å². The maximum atomic E-state index is 11.9. The summed E-state index contributed by atoms with van der Waals surface area (Å²) in [5, 5.41) is 3.18. The van der Waals surface area contributed by atoms with Gasteiger partial charge in [0.2, 0.25) is 5.91 Å². The Bertz CT molecular complexity index is 236. The van der Waals surface area contributed by atoms with E-state index in [0.29, 0.717) is 24.3 Å². The van der Waals surface area contributed by atoms with E-state index in [1.165, 1.54) is 19.3 Å². The van der Waals surface area contributed by atoms with Gasteiger partial charge in [-0.2, -0.15) is 0 Å². The Hall–Kier alpha value is -0.280. The molecule has 0 aliphatic heterocycles. The first-order valence-corrected chi connectivity index (χ1v) is 6.71. The summed E-state index contributed by atoms with van der Waals surface area (Å²) in [4.78, 5) is 11.9. The minimum atomic E-state index is 0. The highest BCUT2D eigenvalue weighted by Crippen LogP contribution is 2.28. The molecule has 100 valence electrons. The van der Waals surface area contributed by atoms with Crippen molar-refractivity contribution in [2.75, 3.05) is 0 Å². The second-order valence-corrected chi connectivity index (χ2v) is 5.64. The molecule has 3 N–H and O–H groups in total. The summed E-state index contributed by atoms with van der Waals surface area (Å²) in [5.74, 6) is 1.30. The van der Waals surface area contributed by atoms with Crippen molar-refractivity contribution in [2.24, 2.45) is 17.6 Å². The van der Waals surface area contributed by atoms with Crippen LogP contribution in [0.2, 0.25) is 0 Å². The van der Waals surface area contributed by atoms with Gasteiger partial charge in [0.15, 0.2) is 0 Å². The fraction of sp³-hybridized carbons (Fsp3) is 0.923. The molecule has 4 heteroatoms. The minimum absolute atomic E-state index is 0. The lowest BCUT2D eigenvalue weighted by molar-refractivity contribution is -0.123. The molecule has 0 heterocycles. The van der Waals surface area contributed by atoms with E-state index in [9.17, 15) is 4.79 Å². The second-order valence-electron chi connectivity index (χ2n) is 5.64. The van der Waals surface area contributed by atoms with E-state index in [2.05, 4.69) is 12.2 Å². The molecule has 3 nitrogen and oxygen atoms in total. The topological polar surface area (TPSA) is 55.1 Å². The largest absolute Gasteiger partial charge is 0.353 e. The fourth-order valence-corrected chi connectivity index (χ4v) is 3.18. The lowest BCUT2D eigenvalue weighted by Gasteiger charge is -2.20. The zero-order valence-electron chi connectivity index (χ0n) is 10.7. The first-order valence-electron chi connectivity index (χ1n) is 6.71. The molecule has 4 atom stereocenters. The van der Waals surface area contributed by atoms with E-state index in [1.807, 2.05) is 0 Å². The summed E-state index contributed by atoms with van der Waals surface area (Å²) in [5.41, 5.74) is 5.98. The molecule has 17 heavy (non-hydrogen) atoms. The molecule has 2 fully saturated rings. The van der Waals surface area contributed by atoms with Gasteiger partial charge >= 0.3 is 0 Å². The maximum absolute atomic E-state index is 11.9. The summed E-state index contributed by atoms with van der Waals surface area (Å²) in [6, 6.07) is 0.678. The molecule has 2 saturated carbocycles. The van der Waals surface area contributed by atoms with Gasteiger partial charge in [-0.1, -0.05) is 19.8 Å². The van der Waals surface area contributed by atoms with E-state index in [0.717, 1.165) is 19.3 Å². The monoisotopic (exact) mass is 260 g/mol. The van der Waals surface area contributed by atoms with Gasteiger partial charge < -0.3 is 11.1 Å². The van der Waals surface area contributed by atoms with Gasteiger partial charge in [0.05, 0.1) is 0 Å². The number of halogens is 1. The van der Waals surface area contributed by atoms with Crippen LogP contribution in [0.15, 0.2) is 0 Å². The Labute approximate surface area is 110 Å². The van der Waals surface area contributed by atoms with Gasteiger partial charge in [0.25, 0.3) is 0 Å². The van der Waals surface area contributed by atoms with Crippen molar-refractivity contribution in [1.29, 1.82) is 0 Å². The maximum Gasteiger partial charge on any atom is 0.220 e. The van der Waals surface area contributed by atoms with Crippen molar-refractivity contribution in [3.63, 3.8) is 0 Å². The van der Waals surface area contributed by atoms with E-state index in [-0.39, 0.29) is 24.4 Å². The van der Waals surface area contributed by atoms with Gasteiger partial charge in [-0.25, -0.2) is 0 Å². The van der Waals surface area contributed by atoms with Crippen LogP contribution in [0.4, 0.5) is 0 Å². The van der Waals surface area contributed by atoms with Crippen LogP contribution in [-0.4, -0.2) is 18.0 Å².